The maximum Gasteiger partial charge on any atom is 0.240 e. The van der Waals surface area contributed by atoms with Crippen molar-refractivity contribution in [3.63, 3.8) is 0 Å². The van der Waals surface area contributed by atoms with Gasteiger partial charge in [-0.15, -0.1) is 11.8 Å². The number of aromatic nitrogens is 1. The molecule has 1 unspecified atom stereocenters. The lowest BCUT2D eigenvalue weighted by Crippen LogP contribution is -2.34. The summed E-state index contributed by atoms with van der Waals surface area (Å²) in [4.78, 5) is 16.2. The third-order valence-corrected chi connectivity index (χ3v) is 6.63. The summed E-state index contributed by atoms with van der Waals surface area (Å²) in [6.45, 7) is 4.96. The van der Waals surface area contributed by atoms with Crippen LogP contribution < -0.4 is 0 Å². The van der Waals surface area contributed by atoms with Gasteiger partial charge in [-0.1, -0.05) is 18.2 Å². The minimum Gasteiger partial charge on any atom is -0.508 e. The molecule has 6 heteroatoms. The van der Waals surface area contributed by atoms with E-state index in [1.165, 1.54) is 11.8 Å². The largest absolute Gasteiger partial charge is 0.508 e. The lowest BCUT2D eigenvalue weighted by Gasteiger charge is -2.30. The third-order valence-electron chi connectivity index (χ3n) is 5.34. The van der Waals surface area contributed by atoms with Gasteiger partial charge in [-0.05, 0) is 38.1 Å². The number of hydrogen-bond acceptors (Lipinski definition) is 3. The summed E-state index contributed by atoms with van der Waals surface area (Å²) < 4.78 is 15.4. The van der Waals surface area contributed by atoms with Gasteiger partial charge in [-0.2, -0.15) is 0 Å². The van der Waals surface area contributed by atoms with Gasteiger partial charge in [0, 0.05) is 40.0 Å². The van der Waals surface area contributed by atoms with Crippen LogP contribution in [0, 0.1) is 0 Å². The van der Waals surface area contributed by atoms with Gasteiger partial charge in [0.15, 0.2) is 0 Å². The maximum absolute atomic E-state index is 13.5. The standard InChI is InChI=1S/C22H23FN2O2S/c1-3-24(4-2)22(27)21-19-15-7-5-6-8-17(15)25(12-11-23)20(19)16-13-14(26)9-10-18(16)28-21/h5-10,13,21,26H,3-4,11-12H2,1-2H3. The van der Waals surface area contributed by atoms with Gasteiger partial charge in [0.05, 0.1) is 12.2 Å². The first-order chi connectivity index (χ1) is 13.6. The average Bonchev–Trinajstić information content (AvgIpc) is 3.04. The molecule has 4 rings (SSSR count). The second kappa shape index (κ2) is 7.51. The van der Waals surface area contributed by atoms with Gasteiger partial charge in [0.25, 0.3) is 0 Å². The Balaban J connectivity index is 2.03. The van der Waals surface area contributed by atoms with Crippen LogP contribution in [0.25, 0.3) is 22.2 Å². The molecule has 0 fully saturated rings. The molecule has 1 aliphatic heterocycles. The summed E-state index contributed by atoms with van der Waals surface area (Å²) >= 11 is 1.51. The van der Waals surface area contributed by atoms with Crippen LogP contribution in [0.15, 0.2) is 47.4 Å². The van der Waals surface area contributed by atoms with Gasteiger partial charge in [-0.3, -0.25) is 4.79 Å². The van der Waals surface area contributed by atoms with Crippen LogP contribution in [0.4, 0.5) is 4.39 Å². The fourth-order valence-corrected chi connectivity index (χ4v) is 5.36. The lowest BCUT2D eigenvalue weighted by molar-refractivity contribution is -0.130. The van der Waals surface area contributed by atoms with Crippen molar-refractivity contribution >= 4 is 28.6 Å². The van der Waals surface area contributed by atoms with Crippen LogP contribution in [0.3, 0.4) is 0 Å². The Labute approximate surface area is 168 Å². The summed E-state index contributed by atoms with van der Waals surface area (Å²) in [6, 6.07) is 13.0. The highest BCUT2D eigenvalue weighted by Gasteiger charge is 2.37. The number of likely N-dealkylation sites (N-methyl/N-ethyl adjacent to an activating group) is 1. The number of phenols is 1. The molecule has 0 radical (unpaired) electrons. The summed E-state index contributed by atoms with van der Waals surface area (Å²) in [5, 5.41) is 10.7. The van der Waals surface area contributed by atoms with Gasteiger partial charge in [0.1, 0.15) is 17.7 Å². The molecule has 1 aliphatic rings. The number of carbonyl (C=O) groups excluding carboxylic acids is 1. The van der Waals surface area contributed by atoms with Crippen molar-refractivity contribution in [3.8, 4) is 17.0 Å². The molecule has 0 saturated carbocycles. The number of halogens is 1. The number of alkyl halides is 1. The Morgan fingerprint density at radius 2 is 1.96 bits per heavy atom. The Hall–Kier alpha value is -2.47. The predicted octanol–water partition coefficient (Wildman–Crippen LogP) is 5.00. The van der Waals surface area contributed by atoms with Crippen LogP contribution in [0.5, 0.6) is 5.75 Å². The topological polar surface area (TPSA) is 45.5 Å². The number of rotatable bonds is 5. The maximum atomic E-state index is 13.5. The highest BCUT2D eigenvalue weighted by molar-refractivity contribution is 8.00. The summed E-state index contributed by atoms with van der Waals surface area (Å²) in [6.07, 6.45) is 0. The number of aryl methyl sites for hydroxylation is 1. The summed E-state index contributed by atoms with van der Waals surface area (Å²) in [5.74, 6) is 0.231. The zero-order valence-electron chi connectivity index (χ0n) is 16.0. The van der Waals surface area contributed by atoms with Crippen molar-refractivity contribution in [2.24, 2.45) is 0 Å². The first-order valence-corrected chi connectivity index (χ1v) is 10.4. The number of aromatic hydroxyl groups is 1. The Kier molecular flexibility index (Phi) is 5.06. The quantitative estimate of drug-likeness (QED) is 0.658. The van der Waals surface area contributed by atoms with E-state index in [-0.39, 0.29) is 18.2 Å². The number of phenolic OH excluding ortho intramolecular Hbond substituents is 1. The highest BCUT2D eigenvalue weighted by atomic mass is 32.2. The van der Waals surface area contributed by atoms with Crippen molar-refractivity contribution in [2.45, 2.75) is 30.5 Å². The van der Waals surface area contributed by atoms with Crippen LogP contribution in [-0.2, 0) is 11.3 Å². The molecule has 146 valence electrons. The van der Waals surface area contributed by atoms with Gasteiger partial charge >= 0.3 is 0 Å². The van der Waals surface area contributed by atoms with E-state index >= 15 is 0 Å². The normalized spacial score (nSPS) is 15.3. The SMILES string of the molecule is CCN(CC)C(=O)C1Sc2ccc(O)cc2-c2c1c1ccccc1n2CCF. The van der Waals surface area contributed by atoms with E-state index in [9.17, 15) is 14.3 Å². The van der Waals surface area contributed by atoms with E-state index in [0.717, 1.165) is 32.6 Å². The molecule has 0 aliphatic carbocycles. The predicted molar refractivity (Wildman–Crippen MR) is 112 cm³/mol. The molecular formula is C22H23FN2O2S. The van der Waals surface area contributed by atoms with E-state index in [1.54, 1.807) is 12.1 Å². The number of para-hydroxylation sites is 1. The molecule has 28 heavy (non-hydrogen) atoms. The molecule has 2 heterocycles. The molecule has 1 aromatic heterocycles. The molecule has 1 N–H and O–H groups in total. The van der Waals surface area contributed by atoms with Crippen LogP contribution in [0.1, 0.15) is 24.7 Å². The van der Waals surface area contributed by atoms with Crippen LogP contribution >= 0.6 is 11.8 Å². The molecule has 0 spiro atoms. The number of nitrogens with zero attached hydrogens (tertiary/aromatic N) is 2. The molecule has 2 aromatic carbocycles. The van der Waals surface area contributed by atoms with Crippen LogP contribution in [0.2, 0.25) is 0 Å². The minimum absolute atomic E-state index is 0.0677. The smallest absolute Gasteiger partial charge is 0.240 e. The second-order valence-electron chi connectivity index (χ2n) is 6.81. The van der Waals surface area contributed by atoms with Crippen molar-refractivity contribution in [2.75, 3.05) is 19.8 Å². The molecule has 1 atom stereocenters. The molecule has 0 bridgehead atoms. The van der Waals surface area contributed by atoms with Crippen molar-refractivity contribution in [1.82, 2.24) is 9.47 Å². The number of thioether (sulfide) groups is 1. The number of carbonyl (C=O) groups is 1. The van der Waals surface area contributed by atoms with Gasteiger partial charge < -0.3 is 14.6 Å². The number of amides is 1. The Morgan fingerprint density at radius 3 is 2.68 bits per heavy atom. The lowest BCUT2D eigenvalue weighted by atomic mass is 10.00. The summed E-state index contributed by atoms with van der Waals surface area (Å²) in [7, 11) is 0. The molecule has 1 amide bonds. The first-order valence-electron chi connectivity index (χ1n) is 9.56. The molecular weight excluding hydrogens is 375 g/mol. The summed E-state index contributed by atoms with van der Waals surface area (Å²) in [5.41, 5.74) is 3.53. The minimum atomic E-state index is -0.499. The zero-order valence-corrected chi connectivity index (χ0v) is 16.8. The van der Waals surface area contributed by atoms with Gasteiger partial charge in [0.2, 0.25) is 5.91 Å². The number of benzene rings is 2. The fourth-order valence-electron chi connectivity index (χ4n) is 4.07. The van der Waals surface area contributed by atoms with E-state index in [1.807, 2.05) is 53.6 Å². The fraction of sp³-hybridized carbons (Fsp3) is 0.318. The second-order valence-corrected chi connectivity index (χ2v) is 7.96. The third kappa shape index (κ3) is 2.87. The average molecular weight is 399 g/mol. The molecule has 3 aromatic rings. The van der Waals surface area contributed by atoms with Crippen molar-refractivity contribution < 1.29 is 14.3 Å². The van der Waals surface area contributed by atoms with E-state index < -0.39 is 11.9 Å². The number of hydrogen-bond donors (Lipinski definition) is 1. The Morgan fingerprint density at radius 1 is 1.21 bits per heavy atom. The van der Waals surface area contributed by atoms with Gasteiger partial charge in [-0.25, -0.2) is 4.39 Å². The molecule has 4 nitrogen and oxygen atoms in total. The van der Waals surface area contributed by atoms with Crippen LogP contribution in [-0.4, -0.2) is 40.2 Å². The van der Waals surface area contributed by atoms with E-state index in [2.05, 4.69) is 0 Å². The zero-order chi connectivity index (χ0) is 19.8. The van der Waals surface area contributed by atoms with Crippen molar-refractivity contribution in [1.29, 1.82) is 0 Å². The Bertz CT molecular complexity index is 1040. The van der Waals surface area contributed by atoms with E-state index in [0.29, 0.717) is 13.1 Å². The van der Waals surface area contributed by atoms with E-state index in [4.69, 9.17) is 0 Å². The monoisotopic (exact) mass is 398 g/mol. The number of fused-ring (bicyclic) bond motifs is 5. The highest BCUT2D eigenvalue weighted by Crippen LogP contribution is 2.53. The first kappa shape index (κ1) is 18.9. The van der Waals surface area contributed by atoms with Crippen molar-refractivity contribution in [3.05, 3.63) is 48.0 Å². The molecule has 0 saturated heterocycles.